The lowest BCUT2D eigenvalue weighted by atomic mass is 10.0. The zero-order valence-electron chi connectivity index (χ0n) is 27.5. The molecule has 0 radical (unpaired) electrons. The molecule has 0 aliphatic carbocycles. The van der Waals surface area contributed by atoms with Crippen molar-refractivity contribution in [3.63, 3.8) is 0 Å². The van der Waals surface area contributed by atoms with E-state index in [2.05, 4.69) is 37.7 Å². The highest BCUT2D eigenvalue weighted by molar-refractivity contribution is 7.13. The van der Waals surface area contributed by atoms with Crippen molar-refractivity contribution in [3.8, 4) is 21.7 Å². The smallest absolute Gasteiger partial charge is 0.434 e. The van der Waals surface area contributed by atoms with Crippen LogP contribution in [0.2, 0.25) is 0 Å². The van der Waals surface area contributed by atoms with Crippen molar-refractivity contribution in [1.82, 2.24) is 34.6 Å². The molecule has 13 nitrogen and oxygen atoms in total. The second-order valence-corrected chi connectivity index (χ2v) is 12.7. The van der Waals surface area contributed by atoms with Gasteiger partial charge in [0.15, 0.2) is 5.69 Å². The average molecular weight is 702 g/mol. The van der Waals surface area contributed by atoms with Gasteiger partial charge in [-0.25, -0.2) is 24.5 Å². The highest BCUT2D eigenvalue weighted by Gasteiger charge is 2.34. The Morgan fingerprint density at radius 1 is 1.14 bits per heavy atom. The summed E-state index contributed by atoms with van der Waals surface area (Å²) in [6.07, 6.45) is -0.111. The quantitative estimate of drug-likeness (QED) is 0.160. The molecule has 0 unspecified atom stereocenters. The summed E-state index contributed by atoms with van der Waals surface area (Å²) in [5.74, 6) is -1.03. The maximum Gasteiger partial charge on any atom is 0.434 e. The highest BCUT2D eigenvalue weighted by Crippen LogP contribution is 2.41. The van der Waals surface area contributed by atoms with Gasteiger partial charge in [-0.05, 0) is 59.1 Å². The zero-order chi connectivity index (χ0) is 35.5. The van der Waals surface area contributed by atoms with Gasteiger partial charge in [-0.3, -0.25) is 15.0 Å². The van der Waals surface area contributed by atoms with E-state index >= 15 is 0 Å². The predicted octanol–water partition coefficient (Wildman–Crippen LogP) is 4.90. The molecule has 0 spiro atoms. The van der Waals surface area contributed by atoms with Crippen molar-refractivity contribution < 1.29 is 27.9 Å². The first-order chi connectivity index (χ1) is 23.3. The molecule has 0 aromatic carbocycles. The number of rotatable bonds is 12. The Balaban J connectivity index is 1.76. The van der Waals surface area contributed by atoms with Crippen LogP contribution >= 0.6 is 11.3 Å². The van der Waals surface area contributed by atoms with Crippen molar-refractivity contribution >= 4 is 46.0 Å². The number of amides is 2. The van der Waals surface area contributed by atoms with Gasteiger partial charge in [0.05, 0.1) is 5.39 Å². The van der Waals surface area contributed by atoms with Crippen molar-refractivity contribution in [2.24, 2.45) is 0 Å². The number of nitrogens with one attached hydrogen (secondary N) is 3. The van der Waals surface area contributed by atoms with Crippen molar-refractivity contribution in [2.45, 2.75) is 45.5 Å². The van der Waals surface area contributed by atoms with E-state index in [1.165, 1.54) is 24.5 Å². The summed E-state index contributed by atoms with van der Waals surface area (Å²) < 4.78 is 42.7. The number of carboxylic acids is 1. The number of nitrogens with zero attached hydrogens (tertiary/aromatic N) is 6. The number of hydrogen-bond acceptors (Lipinski definition) is 10. The maximum absolute atomic E-state index is 13.7. The molecule has 17 heteroatoms. The van der Waals surface area contributed by atoms with Gasteiger partial charge >= 0.3 is 18.2 Å². The minimum absolute atomic E-state index is 0.0133. The fourth-order valence-electron chi connectivity index (χ4n) is 5.85. The lowest BCUT2D eigenvalue weighted by Crippen LogP contribution is -2.33. The Kier molecular flexibility index (Phi) is 10.8. The van der Waals surface area contributed by atoms with Crippen LogP contribution < -0.4 is 21.4 Å². The van der Waals surface area contributed by atoms with E-state index < -0.39 is 34.9 Å². The molecular weight excluding hydrogens is 663 g/mol. The maximum atomic E-state index is 13.7. The molecule has 1 saturated heterocycles. The number of thiazole rings is 1. The minimum atomic E-state index is -4.70. The third-order valence-corrected chi connectivity index (χ3v) is 9.12. The van der Waals surface area contributed by atoms with Gasteiger partial charge < -0.3 is 25.2 Å². The Morgan fingerprint density at radius 3 is 2.57 bits per heavy atom. The van der Waals surface area contributed by atoms with Gasteiger partial charge in [-0.1, -0.05) is 6.92 Å². The predicted molar refractivity (Wildman–Crippen MR) is 182 cm³/mol. The molecule has 1 aliphatic heterocycles. The number of urea groups is 1. The monoisotopic (exact) mass is 701 g/mol. The summed E-state index contributed by atoms with van der Waals surface area (Å²) in [5, 5.41) is 19.4. The minimum Gasteiger partial charge on any atom is -0.477 e. The van der Waals surface area contributed by atoms with E-state index in [0.717, 1.165) is 42.6 Å². The molecule has 4 N–H and O–H groups in total. The number of hydrogen-bond donors (Lipinski definition) is 4. The lowest BCUT2D eigenvalue weighted by Gasteiger charge is -2.25. The Labute approximate surface area is 284 Å². The molecule has 1 fully saturated rings. The number of aromatic nitrogens is 4. The molecule has 4 aromatic rings. The fourth-order valence-corrected chi connectivity index (χ4v) is 6.71. The number of likely N-dealkylation sites (N-methyl/N-ethyl adjacent to an activating group) is 2. The van der Waals surface area contributed by atoms with Crippen LogP contribution in [-0.2, 0) is 12.7 Å². The van der Waals surface area contributed by atoms with Crippen LogP contribution in [0.5, 0.6) is 0 Å². The van der Waals surface area contributed by atoms with Gasteiger partial charge in [0, 0.05) is 66.7 Å². The lowest BCUT2D eigenvalue weighted by molar-refractivity contribution is -0.140. The molecular formula is C32H38F3N9O4S. The van der Waals surface area contributed by atoms with Crippen LogP contribution in [0.1, 0.15) is 42.7 Å². The molecule has 4 aromatic heterocycles. The molecule has 5 rings (SSSR count). The summed E-state index contributed by atoms with van der Waals surface area (Å²) in [5.41, 5.74) is -1.23. The molecule has 0 bridgehead atoms. The number of alkyl halides is 3. The van der Waals surface area contributed by atoms with E-state index in [4.69, 9.17) is 4.98 Å². The molecule has 1 aliphatic rings. The van der Waals surface area contributed by atoms with Gasteiger partial charge in [0.2, 0.25) is 5.43 Å². The Hall–Kier alpha value is -4.61. The van der Waals surface area contributed by atoms with E-state index in [9.17, 15) is 32.7 Å². The molecule has 2 amide bonds. The summed E-state index contributed by atoms with van der Waals surface area (Å²) >= 11 is 0.757. The first kappa shape index (κ1) is 35.7. The first-order valence-electron chi connectivity index (χ1n) is 15.8. The summed E-state index contributed by atoms with van der Waals surface area (Å²) in [4.78, 5) is 55.7. The van der Waals surface area contributed by atoms with Crippen molar-refractivity contribution in [3.05, 3.63) is 51.4 Å². The number of aromatic carboxylic acids is 1. The summed E-state index contributed by atoms with van der Waals surface area (Å²) in [6.45, 7) is 7.26. The first-order valence-corrected chi connectivity index (χ1v) is 16.7. The van der Waals surface area contributed by atoms with E-state index in [-0.39, 0.29) is 39.0 Å². The second kappa shape index (κ2) is 14.9. The van der Waals surface area contributed by atoms with Gasteiger partial charge in [-0.15, -0.1) is 11.3 Å². The van der Waals surface area contributed by atoms with E-state index in [0.29, 0.717) is 37.6 Å². The van der Waals surface area contributed by atoms with Gasteiger partial charge in [-0.2, -0.15) is 13.2 Å². The number of anilines is 2. The van der Waals surface area contributed by atoms with Crippen LogP contribution in [0.15, 0.2) is 34.7 Å². The summed E-state index contributed by atoms with van der Waals surface area (Å²) in [7, 11) is 3.79. The highest BCUT2D eigenvalue weighted by atomic mass is 32.1. The number of carboxylic acid groups (broad SMARTS) is 1. The van der Waals surface area contributed by atoms with Crippen LogP contribution in [0.4, 0.5) is 29.6 Å². The molecule has 49 heavy (non-hydrogen) atoms. The van der Waals surface area contributed by atoms with Crippen LogP contribution in [-0.4, -0.2) is 99.3 Å². The van der Waals surface area contributed by atoms with E-state index in [1.54, 1.807) is 11.5 Å². The third kappa shape index (κ3) is 8.00. The third-order valence-electron chi connectivity index (χ3n) is 8.24. The number of carbonyl (C=O) groups excluding carboxylic acids is 1. The van der Waals surface area contributed by atoms with Crippen LogP contribution in [0.25, 0.3) is 32.7 Å². The number of fused-ring (bicyclic) bond motifs is 1. The van der Waals surface area contributed by atoms with Crippen molar-refractivity contribution in [1.29, 1.82) is 0 Å². The second-order valence-electron chi connectivity index (χ2n) is 11.9. The largest absolute Gasteiger partial charge is 0.477 e. The van der Waals surface area contributed by atoms with Gasteiger partial charge in [0.1, 0.15) is 27.9 Å². The number of carbonyl (C=O) groups is 2. The number of pyridine rings is 3. The molecule has 0 saturated carbocycles. The molecule has 5 heterocycles. The normalized spacial score (nSPS) is 15.2. The fraction of sp³-hybridized carbons (Fsp3) is 0.438. The van der Waals surface area contributed by atoms with E-state index in [1.807, 2.05) is 19.0 Å². The average Bonchev–Trinajstić information content (AvgIpc) is 3.72. The van der Waals surface area contributed by atoms with Crippen molar-refractivity contribution in [2.75, 3.05) is 57.5 Å². The standard InChI is InChI=1S/C32H38F3N9O4S/c1-5-36-31(48)40-25-13-20(29-39-24(17-49-29)32(33,34)35)22(14-38-25)19-12-21-26(45)23(30(46)47)16-44(15-18-8-7-10-43(18)6-2)28(21)41-27(19)37-9-11-42(3)4/h12-14,16-18H,5-11,15H2,1-4H3,(H,37,41)(H,46,47)(H2,36,38,40,48)/t18-/m0/s1. The SMILES string of the molecule is CCNC(=O)Nc1cc(-c2nc(C(F)(F)F)cs2)c(-c2cc3c(=O)c(C(=O)O)cn(C[C@@H]4CCCN4CC)c3nc2NCCN(C)C)cn1. The molecule has 1 atom stereocenters. The van der Waals surface area contributed by atoms with Crippen LogP contribution in [0, 0.1) is 0 Å². The Bertz CT molecular complexity index is 1910. The zero-order valence-corrected chi connectivity index (χ0v) is 28.3. The van der Waals surface area contributed by atoms with Gasteiger partial charge in [0.25, 0.3) is 0 Å². The topological polar surface area (TPSA) is 158 Å². The number of likely N-dealkylation sites (tertiary alicyclic amines) is 1. The Morgan fingerprint density at radius 2 is 1.92 bits per heavy atom. The summed E-state index contributed by atoms with van der Waals surface area (Å²) in [6, 6.07) is 2.46. The molecule has 262 valence electrons. The van der Waals surface area contributed by atoms with Crippen LogP contribution in [0.3, 0.4) is 0 Å². The number of halogens is 3.